The van der Waals surface area contributed by atoms with Gasteiger partial charge in [-0.1, -0.05) is 17.7 Å². The highest BCUT2D eigenvalue weighted by Crippen LogP contribution is 2.30. The molecule has 0 aliphatic carbocycles. The van der Waals surface area contributed by atoms with Crippen molar-refractivity contribution in [3.8, 4) is 0 Å². The second-order valence-corrected chi connectivity index (χ2v) is 4.98. The van der Waals surface area contributed by atoms with Crippen molar-refractivity contribution in [1.29, 1.82) is 0 Å². The minimum Gasteiger partial charge on any atom is -0.354 e. The van der Waals surface area contributed by atoms with E-state index in [1.54, 1.807) is 0 Å². The Kier molecular flexibility index (Phi) is 2.92. The fraction of sp³-hybridized carbons (Fsp3) is 0.333. The van der Waals surface area contributed by atoms with Crippen LogP contribution in [-0.2, 0) is 10.7 Å². The second kappa shape index (κ2) is 4.44. The van der Waals surface area contributed by atoms with E-state index in [1.165, 1.54) is 0 Å². The number of halogens is 2. The third-order valence-corrected chi connectivity index (χ3v) is 3.72. The summed E-state index contributed by atoms with van der Waals surface area (Å²) < 4.78 is 1.99. The van der Waals surface area contributed by atoms with Gasteiger partial charge in [0.15, 0.2) is 0 Å². The lowest BCUT2D eigenvalue weighted by Gasteiger charge is -2.14. The summed E-state index contributed by atoms with van der Waals surface area (Å²) in [5.74, 6) is 1.10. The van der Waals surface area contributed by atoms with Crippen LogP contribution in [-0.4, -0.2) is 22.0 Å². The van der Waals surface area contributed by atoms with Gasteiger partial charge in [-0.05, 0) is 12.1 Å². The molecule has 0 spiro atoms. The van der Waals surface area contributed by atoms with Crippen molar-refractivity contribution in [2.45, 2.75) is 18.3 Å². The van der Waals surface area contributed by atoms with Crippen LogP contribution in [0.5, 0.6) is 0 Å². The Labute approximate surface area is 114 Å². The molecular formula is C12H11Cl2N3O. The molecule has 2 heterocycles. The van der Waals surface area contributed by atoms with Gasteiger partial charge in [0.05, 0.1) is 28.0 Å². The predicted molar refractivity (Wildman–Crippen MR) is 71.0 cm³/mol. The zero-order valence-corrected chi connectivity index (χ0v) is 11.0. The Hall–Kier alpha value is -1.26. The van der Waals surface area contributed by atoms with Crippen molar-refractivity contribution < 1.29 is 4.79 Å². The Morgan fingerprint density at radius 2 is 2.33 bits per heavy atom. The van der Waals surface area contributed by atoms with E-state index in [9.17, 15) is 4.79 Å². The molecule has 1 aliphatic rings. The number of hydrogen-bond acceptors (Lipinski definition) is 2. The predicted octanol–water partition coefficient (Wildman–Crippen LogP) is 2.49. The van der Waals surface area contributed by atoms with Crippen LogP contribution in [0.25, 0.3) is 11.0 Å². The van der Waals surface area contributed by atoms with E-state index in [0.29, 0.717) is 23.9 Å². The average Bonchev–Trinajstić information content (AvgIpc) is 2.92. The molecule has 6 heteroatoms. The van der Waals surface area contributed by atoms with Crippen LogP contribution >= 0.6 is 23.2 Å². The number of aromatic nitrogens is 2. The molecule has 94 valence electrons. The maximum absolute atomic E-state index is 11.4. The van der Waals surface area contributed by atoms with E-state index in [1.807, 2.05) is 22.8 Å². The summed E-state index contributed by atoms with van der Waals surface area (Å²) in [6.45, 7) is 0.597. The molecule has 1 aromatic heterocycles. The fourth-order valence-corrected chi connectivity index (χ4v) is 2.86. The maximum Gasteiger partial charge on any atom is 0.222 e. The van der Waals surface area contributed by atoms with Gasteiger partial charge in [0.2, 0.25) is 5.91 Å². The molecule has 1 unspecified atom stereocenters. The number of para-hydroxylation sites is 1. The van der Waals surface area contributed by atoms with E-state index in [-0.39, 0.29) is 11.9 Å². The highest BCUT2D eigenvalue weighted by molar-refractivity contribution is 6.35. The van der Waals surface area contributed by atoms with Gasteiger partial charge in [0, 0.05) is 13.0 Å². The average molecular weight is 284 g/mol. The Morgan fingerprint density at radius 3 is 3.00 bits per heavy atom. The summed E-state index contributed by atoms with van der Waals surface area (Å²) in [6.07, 6.45) is 0.445. The third kappa shape index (κ3) is 1.76. The lowest BCUT2D eigenvalue weighted by Crippen LogP contribution is -2.16. The summed E-state index contributed by atoms with van der Waals surface area (Å²) in [6, 6.07) is 5.62. The van der Waals surface area contributed by atoms with Crippen LogP contribution in [0.3, 0.4) is 0 Å². The van der Waals surface area contributed by atoms with Crippen LogP contribution in [0.15, 0.2) is 18.2 Å². The number of carbonyl (C=O) groups excluding carboxylic acids is 1. The molecule has 0 radical (unpaired) electrons. The van der Waals surface area contributed by atoms with Crippen molar-refractivity contribution in [3.05, 3.63) is 29.0 Å². The molecule has 4 nitrogen and oxygen atoms in total. The number of nitrogens with zero attached hydrogens (tertiary/aromatic N) is 2. The molecule has 1 atom stereocenters. The van der Waals surface area contributed by atoms with Crippen LogP contribution in [0.2, 0.25) is 5.02 Å². The Morgan fingerprint density at radius 1 is 1.50 bits per heavy atom. The lowest BCUT2D eigenvalue weighted by atomic mass is 10.2. The van der Waals surface area contributed by atoms with Gasteiger partial charge in [-0.3, -0.25) is 4.79 Å². The van der Waals surface area contributed by atoms with Crippen LogP contribution < -0.4 is 5.32 Å². The lowest BCUT2D eigenvalue weighted by molar-refractivity contribution is -0.119. The van der Waals surface area contributed by atoms with Gasteiger partial charge in [-0.15, -0.1) is 11.6 Å². The van der Waals surface area contributed by atoms with E-state index in [0.717, 1.165) is 16.9 Å². The zero-order valence-electron chi connectivity index (χ0n) is 9.49. The molecular weight excluding hydrogens is 273 g/mol. The van der Waals surface area contributed by atoms with Crippen molar-refractivity contribution >= 4 is 40.1 Å². The topological polar surface area (TPSA) is 46.9 Å². The molecule has 1 aromatic carbocycles. The summed E-state index contributed by atoms with van der Waals surface area (Å²) >= 11 is 12.2. The van der Waals surface area contributed by atoms with Crippen molar-refractivity contribution in [2.75, 3.05) is 6.54 Å². The van der Waals surface area contributed by atoms with Crippen molar-refractivity contribution in [2.24, 2.45) is 0 Å². The fourth-order valence-electron chi connectivity index (χ4n) is 2.41. The van der Waals surface area contributed by atoms with Crippen LogP contribution in [0, 0.1) is 0 Å². The molecule has 2 aromatic rings. The standard InChI is InChI=1S/C12H11Cl2N3O/c13-5-10-16-9-3-1-2-8(14)12(9)17(10)7-4-11(18)15-6-7/h1-3,7H,4-6H2,(H,15,18). The molecule has 1 saturated heterocycles. The minimum atomic E-state index is 0.0381. The highest BCUT2D eigenvalue weighted by Gasteiger charge is 2.27. The van der Waals surface area contributed by atoms with E-state index in [4.69, 9.17) is 23.2 Å². The van der Waals surface area contributed by atoms with Crippen molar-refractivity contribution in [1.82, 2.24) is 14.9 Å². The zero-order chi connectivity index (χ0) is 12.7. The minimum absolute atomic E-state index is 0.0381. The van der Waals surface area contributed by atoms with Gasteiger partial charge in [-0.2, -0.15) is 0 Å². The second-order valence-electron chi connectivity index (χ2n) is 4.30. The number of imidazole rings is 1. The van der Waals surface area contributed by atoms with Crippen molar-refractivity contribution in [3.63, 3.8) is 0 Å². The number of benzene rings is 1. The number of rotatable bonds is 2. The molecule has 18 heavy (non-hydrogen) atoms. The summed E-state index contributed by atoms with van der Waals surface area (Å²) in [7, 11) is 0. The Balaban J connectivity index is 2.22. The van der Waals surface area contributed by atoms with E-state index < -0.39 is 0 Å². The maximum atomic E-state index is 11.4. The largest absolute Gasteiger partial charge is 0.354 e. The first-order valence-electron chi connectivity index (χ1n) is 5.68. The van der Waals surface area contributed by atoms with Gasteiger partial charge in [0.25, 0.3) is 0 Å². The quantitative estimate of drug-likeness (QED) is 0.861. The van der Waals surface area contributed by atoms with Crippen LogP contribution in [0.1, 0.15) is 18.3 Å². The first-order chi connectivity index (χ1) is 8.70. The number of fused-ring (bicyclic) bond motifs is 1. The summed E-state index contributed by atoms with van der Waals surface area (Å²) in [4.78, 5) is 15.8. The molecule has 0 bridgehead atoms. The number of carbonyl (C=O) groups is 1. The van der Waals surface area contributed by atoms with E-state index in [2.05, 4.69) is 10.3 Å². The molecule has 1 fully saturated rings. The first-order valence-corrected chi connectivity index (χ1v) is 6.60. The third-order valence-electron chi connectivity index (χ3n) is 3.17. The summed E-state index contributed by atoms with van der Waals surface area (Å²) in [5.41, 5.74) is 1.67. The molecule has 1 N–H and O–H groups in total. The number of hydrogen-bond donors (Lipinski definition) is 1. The Bertz CT molecular complexity index is 623. The highest BCUT2D eigenvalue weighted by atomic mass is 35.5. The van der Waals surface area contributed by atoms with Gasteiger partial charge in [0.1, 0.15) is 5.82 Å². The number of amides is 1. The van der Waals surface area contributed by atoms with Gasteiger partial charge >= 0.3 is 0 Å². The first kappa shape index (κ1) is 11.8. The molecule has 3 rings (SSSR count). The molecule has 1 aliphatic heterocycles. The smallest absolute Gasteiger partial charge is 0.222 e. The monoisotopic (exact) mass is 283 g/mol. The normalized spacial score (nSPS) is 19.4. The SMILES string of the molecule is O=C1CC(n2c(CCl)nc3cccc(Cl)c32)CN1. The van der Waals surface area contributed by atoms with Gasteiger partial charge < -0.3 is 9.88 Å². The summed E-state index contributed by atoms with van der Waals surface area (Å²) in [5, 5.41) is 3.45. The molecule has 1 amide bonds. The van der Waals surface area contributed by atoms with Gasteiger partial charge in [-0.25, -0.2) is 4.98 Å². The van der Waals surface area contributed by atoms with E-state index >= 15 is 0 Å². The number of nitrogens with one attached hydrogen (secondary N) is 1. The number of alkyl halides is 1. The van der Waals surface area contributed by atoms with Crippen LogP contribution in [0.4, 0.5) is 0 Å². The molecule has 0 saturated carbocycles.